The van der Waals surface area contributed by atoms with Gasteiger partial charge in [0.1, 0.15) is 0 Å². The molecule has 0 unspecified atom stereocenters. The van der Waals surface area contributed by atoms with E-state index in [1.807, 2.05) is 24.4 Å². The summed E-state index contributed by atoms with van der Waals surface area (Å²) in [7, 11) is 0. The highest BCUT2D eigenvalue weighted by Gasteiger charge is 2.13. The highest BCUT2D eigenvalue weighted by Crippen LogP contribution is 2.21. The molecule has 0 aliphatic heterocycles. The van der Waals surface area contributed by atoms with Crippen molar-refractivity contribution in [2.45, 2.75) is 25.4 Å². The molecule has 0 aliphatic carbocycles. The fourth-order valence-corrected chi connectivity index (χ4v) is 2.19. The molecule has 2 rings (SSSR count). The van der Waals surface area contributed by atoms with Crippen molar-refractivity contribution in [2.24, 2.45) is 0 Å². The molecule has 2 atom stereocenters. The van der Waals surface area contributed by atoms with Gasteiger partial charge in [-0.3, -0.25) is 4.98 Å². The first kappa shape index (κ1) is 13.5. The van der Waals surface area contributed by atoms with Gasteiger partial charge in [-0.25, -0.2) is 0 Å². The summed E-state index contributed by atoms with van der Waals surface area (Å²) in [4.78, 5) is 4.19. The third kappa shape index (κ3) is 3.76. The molecule has 0 amide bonds. The maximum Gasteiger partial charge on any atom is 0.0375 e. The molecule has 1 aromatic carbocycles. The molecule has 0 saturated heterocycles. The van der Waals surface area contributed by atoms with E-state index in [1.165, 1.54) is 11.1 Å². The lowest BCUT2D eigenvalue weighted by Gasteiger charge is -2.23. The molecular formula is C17H20N2. The predicted octanol–water partition coefficient (Wildman–Crippen LogP) is 4.05. The number of hydrogen-bond donors (Lipinski definition) is 1. The van der Waals surface area contributed by atoms with Gasteiger partial charge < -0.3 is 5.32 Å². The van der Waals surface area contributed by atoms with Crippen LogP contribution in [0.15, 0.2) is 67.5 Å². The zero-order valence-corrected chi connectivity index (χ0v) is 11.3. The third-order valence-electron chi connectivity index (χ3n) is 3.24. The van der Waals surface area contributed by atoms with Crippen LogP contribution in [0.25, 0.3) is 0 Å². The van der Waals surface area contributed by atoms with Crippen LogP contribution in [0.3, 0.4) is 0 Å². The molecule has 0 bridgehead atoms. The molecule has 0 radical (unpaired) electrons. The minimum absolute atomic E-state index is 0.251. The van der Waals surface area contributed by atoms with Gasteiger partial charge in [0, 0.05) is 24.5 Å². The SMILES string of the molecule is C=CC[C@@H](N[C@@H](C)c1ccccc1)c1cccnc1. The summed E-state index contributed by atoms with van der Waals surface area (Å²) in [5.41, 5.74) is 2.49. The molecule has 2 nitrogen and oxygen atoms in total. The van der Waals surface area contributed by atoms with Gasteiger partial charge >= 0.3 is 0 Å². The minimum atomic E-state index is 0.251. The average molecular weight is 252 g/mol. The second-order valence-electron chi connectivity index (χ2n) is 4.66. The maximum absolute atomic E-state index is 4.19. The lowest BCUT2D eigenvalue weighted by molar-refractivity contribution is 0.469. The van der Waals surface area contributed by atoms with E-state index in [-0.39, 0.29) is 6.04 Å². The average Bonchev–Trinajstić information content (AvgIpc) is 2.48. The normalized spacial score (nSPS) is 13.7. The monoisotopic (exact) mass is 252 g/mol. The minimum Gasteiger partial charge on any atom is -0.303 e. The maximum atomic E-state index is 4.19. The molecular weight excluding hydrogens is 232 g/mol. The van der Waals surface area contributed by atoms with E-state index in [0.717, 1.165) is 6.42 Å². The molecule has 98 valence electrons. The van der Waals surface area contributed by atoms with Crippen LogP contribution < -0.4 is 5.32 Å². The summed E-state index contributed by atoms with van der Waals surface area (Å²) in [5, 5.41) is 3.64. The molecule has 0 saturated carbocycles. The second-order valence-corrected chi connectivity index (χ2v) is 4.66. The topological polar surface area (TPSA) is 24.9 Å². The molecule has 1 heterocycles. The molecule has 2 heteroatoms. The van der Waals surface area contributed by atoms with E-state index in [0.29, 0.717) is 6.04 Å². The van der Waals surface area contributed by atoms with Gasteiger partial charge in [-0.15, -0.1) is 6.58 Å². The van der Waals surface area contributed by atoms with E-state index in [9.17, 15) is 0 Å². The highest BCUT2D eigenvalue weighted by molar-refractivity contribution is 5.20. The van der Waals surface area contributed by atoms with Crippen LogP contribution in [0, 0.1) is 0 Å². The standard InChI is InChI=1S/C17H20N2/c1-3-8-17(16-11-7-12-18-13-16)19-14(2)15-9-5-4-6-10-15/h3-7,9-14,17,19H,1,8H2,2H3/t14-,17+/m0/s1. The zero-order valence-electron chi connectivity index (χ0n) is 11.3. The number of rotatable bonds is 6. The van der Waals surface area contributed by atoms with Crippen molar-refractivity contribution < 1.29 is 0 Å². The number of aromatic nitrogens is 1. The Bertz CT molecular complexity index is 493. The Hall–Kier alpha value is -1.93. The van der Waals surface area contributed by atoms with E-state index >= 15 is 0 Å². The summed E-state index contributed by atoms with van der Waals surface area (Å²) in [6, 6.07) is 15.1. The number of hydrogen-bond acceptors (Lipinski definition) is 2. The third-order valence-corrected chi connectivity index (χ3v) is 3.24. The van der Waals surface area contributed by atoms with Crippen LogP contribution in [0.4, 0.5) is 0 Å². The van der Waals surface area contributed by atoms with Gasteiger partial charge in [0.2, 0.25) is 0 Å². The predicted molar refractivity (Wildman–Crippen MR) is 79.8 cm³/mol. The van der Waals surface area contributed by atoms with Gasteiger partial charge in [-0.1, -0.05) is 42.5 Å². The Morgan fingerprint density at radius 1 is 1.16 bits per heavy atom. The molecule has 0 aliphatic rings. The Morgan fingerprint density at radius 2 is 1.89 bits per heavy atom. The zero-order chi connectivity index (χ0) is 13.5. The molecule has 0 spiro atoms. The highest BCUT2D eigenvalue weighted by atomic mass is 14.9. The summed E-state index contributed by atoms with van der Waals surface area (Å²) in [6.07, 6.45) is 6.55. The number of pyridine rings is 1. The number of benzene rings is 1. The molecule has 1 N–H and O–H groups in total. The van der Waals surface area contributed by atoms with Gasteiger partial charge in [0.05, 0.1) is 0 Å². The second kappa shape index (κ2) is 6.86. The lowest BCUT2D eigenvalue weighted by atomic mass is 10.0. The Balaban J connectivity index is 2.11. The Morgan fingerprint density at radius 3 is 2.53 bits per heavy atom. The van der Waals surface area contributed by atoms with Crippen LogP contribution in [0.5, 0.6) is 0 Å². The van der Waals surface area contributed by atoms with Crippen molar-refractivity contribution >= 4 is 0 Å². The molecule has 1 aromatic heterocycles. The van der Waals surface area contributed by atoms with E-state index in [1.54, 1.807) is 6.20 Å². The fraction of sp³-hybridized carbons (Fsp3) is 0.235. The van der Waals surface area contributed by atoms with Crippen molar-refractivity contribution in [3.8, 4) is 0 Å². The van der Waals surface area contributed by atoms with E-state index in [4.69, 9.17) is 0 Å². The fourth-order valence-electron chi connectivity index (χ4n) is 2.19. The summed E-state index contributed by atoms with van der Waals surface area (Å²) < 4.78 is 0. The van der Waals surface area contributed by atoms with E-state index < -0.39 is 0 Å². The van der Waals surface area contributed by atoms with Gasteiger partial charge in [-0.2, -0.15) is 0 Å². The summed E-state index contributed by atoms with van der Waals surface area (Å²) in [5.74, 6) is 0. The molecule has 19 heavy (non-hydrogen) atoms. The van der Waals surface area contributed by atoms with Crippen LogP contribution in [-0.2, 0) is 0 Å². The molecule has 0 fully saturated rings. The Labute approximate surface area is 115 Å². The van der Waals surface area contributed by atoms with Crippen LogP contribution in [0.2, 0.25) is 0 Å². The number of nitrogens with one attached hydrogen (secondary N) is 1. The first-order chi connectivity index (χ1) is 9.31. The largest absolute Gasteiger partial charge is 0.303 e. The van der Waals surface area contributed by atoms with Gasteiger partial charge in [0.15, 0.2) is 0 Å². The van der Waals surface area contributed by atoms with Crippen molar-refractivity contribution in [3.63, 3.8) is 0 Å². The first-order valence-electron chi connectivity index (χ1n) is 6.63. The van der Waals surface area contributed by atoms with Gasteiger partial charge in [-0.05, 0) is 30.5 Å². The smallest absolute Gasteiger partial charge is 0.0375 e. The first-order valence-corrected chi connectivity index (χ1v) is 6.63. The van der Waals surface area contributed by atoms with Gasteiger partial charge in [0.25, 0.3) is 0 Å². The Kier molecular flexibility index (Phi) is 4.87. The van der Waals surface area contributed by atoms with Crippen LogP contribution in [0.1, 0.15) is 36.6 Å². The van der Waals surface area contributed by atoms with Crippen LogP contribution >= 0.6 is 0 Å². The molecule has 2 aromatic rings. The van der Waals surface area contributed by atoms with Crippen LogP contribution in [-0.4, -0.2) is 4.98 Å². The summed E-state index contributed by atoms with van der Waals surface area (Å²) >= 11 is 0. The van der Waals surface area contributed by atoms with Crippen molar-refractivity contribution in [2.75, 3.05) is 0 Å². The number of nitrogens with zero attached hydrogens (tertiary/aromatic N) is 1. The van der Waals surface area contributed by atoms with Crippen molar-refractivity contribution in [3.05, 3.63) is 78.6 Å². The summed E-state index contributed by atoms with van der Waals surface area (Å²) in [6.45, 7) is 6.03. The lowest BCUT2D eigenvalue weighted by Crippen LogP contribution is -2.24. The van der Waals surface area contributed by atoms with Crippen molar-refractivity contribution in [1.29, 1.82) is 0 Å². The quantitative estimate of drug-likeness (QED) is 0.784. The van der Waals surface area contributed by atoms with E-state index in [2.05, 4.69) is 54.1 Å². The van der Waals surface area contributed by atoms with Crippen molar-refractivity contribution in [1.82, 2.24) is 10.3 Å².